The fourth-order valence-corrected chi connectivity index (χ4v) is 3.48. The summed E-state index contributed by atoms with van der Waals surface area (Å²) in [6.45, 7) is 1.76. The van der Waals surface area contributed by atoms with Gasteiger partial charge in [-0.25, -0.2) is 0 Å². The molecule has 0 unspecified atom stereocenters. The zero-order valence-corrected chi connectivity index (χ0v) is 18.2. The maximum Gasteiger partial charge on any atom is 0.306 e. The van der Waals surface area contributed by atoms with E-state index in [0.717, 1.165) is 24.8 Å². The maximum absolute atomic E-state index is 12.7. The Balaban J connectivity index is 1.95. The van der Waals surface area contributed by atoms with Gasteiger partial charge < -0.3 is 20.5 Å². The second kappa shape index (κ2) is 13.6. The van der Waals surface area contributed by atoms with Crippen molar-refractivity contribution in [3.8, 4) is 0 Å². The van der Waals surface area contributed by atoms with Gasteiger partial charge in [0.1, 0.15) is 6.10 Å². The van der Waals surface area contributed by atoms with Crippen LogP contribution in [-0.2, 0) is 25.5 Å². The Kier molecular flexibility index (Phi) is 10.8. The average Bonchev–Trinajstić information content (AvgIpc) is 2.75. The second-order valence-electron chi connectivity index (χ2n) is 8.04. The van der Waals surface area contributed by atoms with Crippen molar-refractivity contribution in [2.45, 2.75) is 64.0 Å². The van der Waals surface area contributed by atoms with Crippen LogP contribution in [0.4, 0.5) is 0 Å². The van der Waals surface area contributed by atoms with Crippen LogP contribution in [0, 0.1) is 5.92 Å². The third-order valence-electron chi connectivity index (χ3n) is 5.20. The SMILES string of the molecule is C[C@H]1CNC(=O)[C@@H](CC(=O)N[C@H](CO)Cc2ccccc2)CC=CCCCCC(=O)O1. The van der Waals surface area contributed by atoms with E-state index in [2.05, 4.69) is 10.6 Å². The fraction of sp³-hybridized carbons (Fsp3) is 0.542. The number of amides is 2. The van der Waals surface area contributed by atoms with Crippen LogP contribution in [-0.4, -0.2) is 48.2 Å². The summed E-state index contributed by atoms with van der Waals surface area (Å²) in [4.78, 5) is 37.1. The molecule has 0 aromatic heterocycles. The summed E-state index contributed by atoms with van der Waals surface area (Å²) in [6, 6.07) is 9.21. The molecular formula is C24H34N2O5. The predicted octanol–water partition coefficient (Wildman–Crippen LogP) is 2.28. The van der Waals surface area contributed by atoms with Crippen molar-refractivity contribution in [1.82, 2.24) is 10.6 Å². The smallest absolute Gasteiger partial charge is 0.306 e. The number of aliphatic hydroxyl groups is 1. The zero-order valence-electron chi connectivity index (χ0n) is 18.2. The molecule has 31 heavy (non-hydrogen) atoms. The molecule has 1 aromatic carbocycles. The minimum Gasteiger partial charge on any atom is -0.461 e. The quantitative estimate of drug-likeness (QED) is 0.474. The van der Waals surface area contributed by atoms with Crippen molar-refractivity contribution in [2.24, 2.45) is 5.92 Å². The maximum atomic E-state index is 12.7. The van der Waals surface area contributed by atoms with Crippen LogP contribution in [0.5, 0.6) is 0 Å². The van der Waals surface area contributed by atoms with Crippen LogP contribution in [0.25, 0.3) is 0 Å². The van der Waals surface area contributed by atoms with Crippen molar-refractivity contribution < 1.29 is 24.2 Å². The number of benzene rings is 1. The summed E-state index contributed by atoms with van der Waals surface area (Å²) in [5, 5.41) is 15.3. The highest BCUT2D eigenvalue weighted by Crippen LogP contribution is 2.13. The van der Waals surface area contributed by atoms with Gasteiger partial charge in [0, 0.05) is 12.8 Å². The largest absolute Gasteiger partial charge is 0.461 e. The van der Waals surface area contributed by atoms with Gasteiger partial charge in [-0.3, -0.25) is 14.4 Å². The Morgan fingerprint density at radius 2 is 2.00 bits per heavy atom. The van der Waals surface area contributed by atoms with Crippen LogP contribution in [0.15, 0.2) is 42.5 Å². The minimum absolute atomic E-state index is 0.0234. The summed E-state index contributed by atoms with van der Waals surface area (Å²) < 4.78 is 5.30. The number of ether oxygens (including phenoxy) is 1. The molecule has 3 atom stereocenters. The molecule has 1 aliphatic heterocycles. The Morgan fingerprint density at radius 1 is 1.23 bits per heavy atom. The molecule has 0 spiro atoms. The third kappa shape index (κ3) is 9.79. The van der Waals surface area contributed by atoms with E-state index in [1.807, 2.05) is 42.5 Å². The van der Waals surface area contributed by atoms with Crippen LogP contribution in [0.3, 0.4) is 0 Å². The number of hydrogen-bond acceptors (Lipinski definition) is 5. The molecule has 2 rings (SSSR count). The lowest BCUT2D eigenvalue weighted by Gasteiger charge is -2.20. The first kappa shape index (κ1) is 24.6. The Labute approximate surface area is 184 Å². The van der Waals surface area contributed by atoms with E-state index in [9.17, 15) is 19.5 Å². The number of nitrogens with one attached hydrogen (secondary N) is 2. The van der Waals surface area contributed by atoms with Crippen LogP contribution < -0.4 is 10.6 Å². The van der Waals surface area contributed by atoms with Gasteiger partial charge in [0.25, 0.3) is 0 Å². The predicted molar refractivity (Wildman–Crippen MR) is 118 cm³/mol. The zero-order chi connectivity index (χ0) is 22.5. The molecule has 7 nitrogen and oxygen atoms in total. The number of carbonyl (C=O) groups excluding carboxylic acids is 3. The number of rotatable bonds is 6. The summed E-state index contributed by atoms with van der Waals surface area (Å²) in [7, 11) is 0. The van der Waals surface area contributed by atoms with E-state index in [-0.39, 0.29) is 37.4 Å². The van der Waals surface area contributed by atoms with E-state index >= 15 is 0 Å². The number of carbonyl (C=O) groups is 3. The summed E-state index contributed by atoms with van der Waals surface area (Å²) >= 11 is 0. The van der Waals surface area contributed by atoms with Crippen LogP contribution in [0.1, 0.15) is 51.0 Å². The van der Waals surface area contributed by atoms with E-state index in [0.29, 0.717) is 19.3 Å². The standard InChI is InChI=1S/C24H34N2O5/c1-18-16-25-24(30)20(12-8-3-2-4-9-13-23(29)31-18)15-22(28)26-21(17-27)14-19-10-6-5-7-11-19/h3,5-8,10-11,18,20-21,27H,2,4,9,12-17H2,1H3,(H,25,30)(H,26,28)/t18-,20+,21-/m0/s1. The Hall–Kier alpha value is -2.67. The van der Waals surface area contributed by atoms with Gasteiger partial charge in [-0.1, -0.05) is 42.5 Å². The molecule has 3 N–H and O–H groups in total. The van der Waals surface area contributed by atoms with E-state index < -0.39 is 18.1 Å². The van der Waals surface area contributed by atoms with Crippen LogP contribution in [0.2, 0.25) is 0 Å². The molecule has 0 bridgehead atoms. The normalized spacial score (nSPS) is 22.0. The number of esters is 1. The van der Waals surface area contributed by atoms with Gasteiger partial charge in [0.05, 0.1) is 25.1 Å². The van der Waals surface area contributed by atoms with Gasteiger partial charge in [0.2, 0.25) is 11.8 Å². The molecule has 1 aliphatic rings. The number of aliphatic hydroxyl groups excluding tert-OH is 1. The molecule has 0 fully saturated rings. The molecule has 170 valence electrons. The van der Waals surface area contributed by atoms with Gasteiger partial charge in [0.15, 0.2) is 0 Å². The van der Waals surface area contributed by atoms with Crippen molar-refractivity contribution in [1.29, 1.82) is 0 Å². The minimum atomic E-state index is -0.529. The van der Waals surface area contributed by atoms with Crippen molar-refractivity contribution >= 4 is 17.8 Å². The molecule has 1 heterocycles. The number of allylic oxidation sites excluding steroid dienone is 2. The van der Waals surface area contributed by atoms with E-state index in [1.165, 1.54) is 0 Å². The molecule has 7 heteroatoms. The molecule has 0 saturated heterocycles. The summed E-state index contributed by atoms with van der Waals surface area (Å²) in [5.41, 5.74) is 1.02. The summed E-state index contributed by atoms with van der Waals surface area (Å²) in [6.07, 6.45) is 7.31. The highest BCUT2D eigenvalue weighted by Gasteiger charge is 2.23. The van der Waals surface area contributed by atoms with Gasteiger partial charge in [-0.05, 0) is 44.6 Å². The molecule has 0 radical (unpaired) electrons. The fourth-order valence-electron chi connectivity index (χ4n) is 3.48. The molecular weight excluding hydrogens is 396 g/mol. The lowest BCUT2D eigenvalue weighted by Crippen LogP contribution is -2.42. The molecule has 0 saturated carbocycles. The van der Waals surface area contributed by atoms with Gasteiger partial charge >= 0.3 is 5.97 Å². The van der Waals surface area contributed by atoms with E-state index in [4.69, 9.17) is 4.74 Å². The highest BCUT2D eigenvalue weighted by atomic mass is 16.5. The lowest BCUT2D eigenvalue weighted by molar-refractivity contribution is -0.148. The van der Waals surface area contributed by atoms with E-state index in [1.54, 1.807) is 6.92 Å². The molecule has 0 aliphatic carbocycles. The third-order valence-corrected chi connectivity index (χ3v) is 5.20. The average molecular weight is 431 g/mol. The Bertz CT molecular complexity index is 735. The monoisotopic (exact) mass is 430 g/mol. The highest BCUT2D eigenvalue weighted by molar-refractivity contribution is 5.86. The molecule has 1 aromatic rings. The first-order valence-corrected chi connectivity index (χ1v) is 11.0. The number of cyclic esters (lactones) is 1. The summed E-state index contributed by atoms with van der Waals surface area (Å²) in [5.74, 6) is -1.31. The lowest BCUT2D eigenvalue weighted by atomic mass is 9.98. The first-order valence-electron chi connectivity index (χ1n) is 11.0. The van der Waals surface area contributed by atoms with Crippen LogP contribution >= 0.6 is 0 Å². The van der Waals surface area contributed by atoms with Gasteiger partial charge in [-0.15, -0.1) is 0 Å². The first-order chi connectivity index (χ1) is 15.0. The van der Waals surface area contributed by atoms with Crippen molar-refractivity contribution in [3.05, 3.63) is 48.0 Å². The van der Waals surface area contributed by atoms with Gasteiger partial charge in [-0.2, -0.15) is 0 Å². The van der Waals surface area contributed by atoms with Crippen molar-refractivity contribution in [3.63, 3.8) is 0 Å². The second-order valence-corrected chi connectivity index (χ2v) is 8.04. The number of hydrogen-bond donors (Lipinski definition) is 3. The Morgan fingerprint density at radius 3 is 2.74 bits per heavy atom. The topological polar surface area (TPSA) is 105 Å². The molecule has 2 amide bonds. The van der Waals surface area contributed by atoms with Crippen molar-refractivity contribution in [2.75, 3.05) is 13.2 Å².